The lowest BCUT2D eigenvalue weighted by Crippen LogP contribution is -2.48. The van der Waals surface area contributed by atoms with E-state index in [0.29, 0.717) is 11.4 Å². The van der Waals surface area contributed by atoms with Gasteiger partial charge in [0.25, 0.3) is 11.8 Å². The van der Waals surface area contributed by atoms with Gasteiger partial charge in [0.15, 0.2) is 0 Å². The van der Waals surface area contributed by atoms with Crippen molar-refractivity contribution in [3.63, 3.8) is 0 Å². The molecule has 1 fully saturated rings. The molecule has 0 spiro atoms. The normalized spacial score (nSPS) is 15.3. The van der Waals surface area contributed by atoms with Crippen LogP contribution in [0.15, 0.2) is 115 Å². The Morgan fingerprint density at radius 2 is 1.28 bits per heavy atom. The second-order valence-electron chi connectivity index (χ2n) is 12.2. The topological polar surface area (TPSA) is 95.2 Å². The van der Waals surface area contributed by atoms with E-state index in [1.807, 2.05) is 91.0 Å². The summed E-state index contributed by atoms with van der Waals surface area (Å²) in [4.78, 5) is 43.2. The van der Waals surface area contributed by atoms with Crippen LogP contribution in [0.3, 0.4) is 0 Å². The maximum Gasteiger partial charge on any atom is 0.262 e. The lowest BCUT2D eigenvalue weighted by molar-refractivity contribution is -0.120. The van der Waals surface area contributed by atoms with E-state index in [9.17, 15) is 19.6 Å². The summed E-state index contributed by atoms with van der Waals surface area (Å²) in [5.41, 5.74) is 5.16. The number of carbonyl (C=O) groups is 3. The summed E-state index contributed by atoms with van der Waals surface area (Å²) in [5.74, 6) is -1.12. The number of amides is 3. The van der Waals surface area contributed by atoms with Gasteiger partial charge in [-0.3, -0.25) is 19.3 Å². The van der Waals surface area contributed by atoms with Crippen LogP contribution in [-0.4, -0.2) is 33.2 Å². The number of nitrogens with one attached hydrogen (secondary N) is 1. The van der Waals surface area contributed by atoms with Crippen LogP contribution in [-0.2, 0) is 11.2 Å². The molecule has 0 unspecified atom stereocenters. The van der Waals surface area contributed by atoms with Crippen molar-refractivity contribution in [2.45, 2.75) is 50.6 Å². The van der Waals surface area contributed by atoms with Crippen LogP contribution in [0.2, 0.25) is 0 Å². The minimum atomic E-state index is -1.15. The predicted octanol–water partition coefficient (Wildman–Crippen LogP) is 8.04. The van der Waals surface area contributed by atoms with Crippen molar-refractivity contribution in [3.05, 3.63) is 138 Å². The van der Waals surface area contributed by atoms with Crippen molar-refractivity contribution in [1.82, 2.24) is 9.47 Å². The Labute approximate surface area is 274 Å². The van der Waals surface area contributed by atoms with Crippen molar-refractivity contribution in [3.8, 4) is 28.5 Å². The van der Waals surface area contributed by atoms with E-state index in [1.54, 1.807) is 24.3 Å². The molecule has 1 aliphatic carbocycles. The fourth-order valence-corrected chi connectivity index (χ4v) is 7.12. The summed E-state index contributed by atoms with van der Waals surface area (Å²) < 4.78 is 2.15. The molecule has 0 saturated heterocycles. The molecule has 7 nitrogen and oxygen atoms in total. The largest absolute Gasteiger partial charge is 0.322 e. The summed E-state index contributed by atoms with van der Waals surface area (Å²) in [6.07, 6.45) is 5.15. The Balaban J connectivity index is 1.40. The molecule has 0 bridgehead atoms. The van der Waals surface area contributed by atoms with E-state index in [-0.39, 0.29) is 23.6 Å². The summed E-state index contributed by atoms with van der Waals surface area (Å²) >= 11 is 0. The number of nitriles is 1. The molecule has 2 heterocycles. The summed E-state index contributed by atoms with van der Waals surface area (Å²) in [5, 5.41) is 14.0. The second-order valence-corrected chi connectivity index (χ2v) is 12.2. The highest BCUT2D eigenvalue weighted by Crippen LogP contribution is 2.46. The van der Waals surface area contributed by atoms with Crippen LogP contribution in [0.5, 0.6) is 0 Å². The van der Waals surface area contributed by atoms with Gasteiger partial charge in [0.2, 0.25) is 5.91 Å². The molecule has 1 aromatic heterocycles. The SMILES string of the molecule is N#Cc1c(-c2ccccc2)c(-c2ccccc2)n(C2CCCCC2)c1NC(=O)[C@@H](Cc1ccccc1)N1C(=O)c2ccccc2C1=O. The lowest BCUT2D eigenvalue weighted by atomic mass is 9.94. The van der Waals surface area contributed by atoms with Crippen LogP contribution in [0.4, 0.5) is 5.82 Å². The Bertz CT molecular complexity index is 1950. The molecule has 5 aromatic rings. The Morgan fingerprint density at radius 3 is 1.85 bits per heavy atom. The average molecular weight is 619 g/mol. The van der Waals surface area contributed by atoms with E-state index in [4.69, 9.17) is 0 Å². The zero-order chi connectivity index (χ0) is 32.3. The first-order valence-electron chi connectivity index (χ1n) is 16.2. The fraction of sp³-hybridized carbons (Fsp3) is 0.200. The van der Waals surface area contributed by atoms with E-state index < -0.39 is 23.8 Å². The number of imide groups is 1. The molecule has 1 aliphatic heterocycles. The average Bonchev–Trinajstić information content (AvgIpc) is 3.59. The van der Waals surface area contributed by atoms with Crippen molar-refractivity contribution in [2.24, 2.45) is 0 Å². The number of anilines is 1. The van der Waals surface area contributed by atoms with Gasteiger partial charge in [0.05, 0.1) is 16.8 Å². The van der Waals surface area contributed by atoms with Gasteiger partial charge in [-0.05, 0) is 41.7 Å². The van der Waals surface area contributed by atoms with E-state index in [2.05, 4.69) is 16.0 Å². The molecule has 232 valence electrons. The van der Waals surface area contributed by atoms with Gasteiger partial charge in [-0.2, -0.15) is 5.26 Å². The molecule has 2 aliphatic rings. The smallest absolute Gasteiger partial charge is 0.262 e. The van der Waals surface area contributed by atoms with E-state index in [1.165, 1.54) is 0 Å². The summed E-state index contributed by atoms with van der Waals surface area (Å²) in [6.45, 7) is 0. The van der Waals surface area contributed by atoms with Crippen LogP contribution in [0, 0.1) is 11.3 Å². The number of hydrogen-bond donors (Lipinski definition) is 1. The van der Waals surface area contributed by atoms with Gasteiger partial charge < -0.3 is 9.88 Å². The first kappa shape index (κ1) is 29.9. The zero-order valence-electron chi connectivity index (χ0n) is 25.9. The Hall–Kier alpha value is -5.74. The van der Waals surface area contributed by atoms with Gasteiger partial charge in [-0.15, -0.1) is 0 Å². The molecule has 7 heteroatoms. The minimum absolute atomic E-state index is 0.0469. The zero-order valence-corrected chi connectivity index (χ0v) is 25.9. The monoisotopic (exact) mass is 618 g/mol. The van der Waals surface area contributed by atoms with Crippen LogP contribution in [0.25, 0.3) is 22.4 Å². The highest BCUT2D eigenvalue weighted by atomic mass is 16.2. The minimum Gasteiger partial charge on any atom is -0.322 e. The maximum absolute atomic E-state index is 14.7. The summed E-state index contributed by atoms with van der Waals surface area (Å²) in [7, 11) is 0. The molecular weight excluding hydrogens is 584 g/mol. The molecule has 1 N–H and O–H groups in total. The van der Waals surface area contributed by atoms with Gasteiger partial charge in [0.1, 0.15) is 23.5 Å². The number of hydrogen-bond acceptors (Lipinski definition) is 4. The molecule has 1 saturated carbocycles. The number of nitrogens with zero attached hydrogens (tertiary/aromatic N) is 3. The number of rotatable bonds is 8. The molecule has 7 rings (SSSR count). The molecule has 3 amide bonds. The molecule has 47 heavy (non-hydrogen) atoms. The third-order valence-electron chi connectivity index (χ3n) is 9.32. The Kier molecular flexibility index (Phi) is 8.24. The quantitative estimate of drug-likeness (QED) is 0.178. The molecule has 0 radical (unpaired) electrons. The first-order valence-corrected chi connectivity index (χ1v) is 16.2. The lowest BCUT2D eigenvalue weighted by Gasteiger charge is -2.29. The van der Waals surface area contributed by atoms with Gasteiger partial charge in [0, 0.05) is 18.0 Å². The maximum atomic E-state index is 14.7. The summed E-state index contributed by atoms with van der Waals surface area (Å²) in [6, 6.07) is 37.2. The number of benzene rings is 4. The Morgan fingerprint density at radius 1 is 0.745 bits per heavy atom. The van der Waals surface area contributed by atoms with E-state index >= 15 is 0 Å². The standard InChI is InChI=1S/C40H34N4O3/c41-26-33-35(28-17-7-2-8-18-28)36(29-19-9-3-10-20-29)43(30-21-11-4-12-22-30)37(33)42-38(45)34(25-27-15-5-1-6-16-27)44-39(46)31-23-13-14-24-32(31)40(44)47/h1-3,5-10,13-20,23-24,30,34H,4,11-12,21-22,25H2,(H,42,45)/t34-/m1/s1. The van der Waals surface area contributed by atoms with E-state index in [0.717, 1.165) is 65.0 Å². The van der Waals surface area contributed by atoms with Crippen molar-refractivity contribution in [2.75, 3.05) is 5.32 Å². The van der Waals surface area contributed by atoms with Gasteiger partial charge in [-0.25, -0.2) is 0 Å². The second kappa shape index (κ2) is 12.9. The van der Waals surface area contributed by atoms with Crippen LogP contribution < -0.4 is 5.32 Å². The van der Waals surface area contributed by atoms with Gasteiger partial charge in [-0.1, -0.05) is 122 Å². The fourth-order valence-electron chi connectivity index (χ4n) is 7.12. The third-order valence-corrected chi connectivity index (χ3v) is 9.32. The van der Waals surface area contributed by atoms with Crippen molar-refractivity contribution in [1.29, 1.82) is 5.26 Å². The van der Waals surface area contributed by atoms with Crippen molar-refractivity contribution < 1.29 is 14.4 Å². The molecule has 1 atom stereocenters. The molecule has 4 aromatic carbocycles. The number of fused-ring (bicyclic) bond motifs is 1. The predicted molar refractivity (Wildman–Crippen MR) is 182 cm³/mol. The first-order chi connectivity index (χ1) is 23.1. The highest BCUT2D eigenvalue weighted by Gasteiger charge is 2.43. The molecular formula is C40H34N4O3. The third kappa shape index (κ3) is 5.53. The van der Waals surface area contributed by atoms with Gasteiger partial charge >= 0.3 is 0 Å². The van der Waals surface area contributed by atoms with Crippen LogP contribution in [0.1, 0.15) is 70.0 Å². The van der Waals surface area contributed by atoms with Crippen LogP contribution >= 0.6 is 0 Å². The highest BCUT2D eigenvalue weighted by molar-refractivity contribution is 6.23. The number of carbonyl (C=O) groups excluding carboxylic acids is 3. The number of aromatic nitrogens is 1. The van der Waals surface area contributed by atoms with Crippen molar-refractivity contribution >= 4 is 23.5 Å².